The molecule has 0 nitrogen and oxygen atoms in total. The van der Waals surface area contributed by atoms with Crippen molar-refractivity contribution in [3.05, 3.63) is 41.5 Å². The van der Waals surface area contributed by atoms with Crippen molar-refractivity contribution >= 4 is 17.3 Å². The van der Waals surface area contributed by atoms with E-state index in [0.717, 1.165) is 0 Å². The van der Waals surface area contributed by atoms with E-state index < -0.39 is 0 Å². The van der Waals surface area contributed by atoms with E-state index in [1.807, 2.05) is 11.8 Å². The Morgan fingerprint density at radius 3 is 2.33 bits per heavy atom. The highest BCUT2D eigenvalue weighted by atomic mass is 32.2. The van der Waals surface area contributed by atoms with Crippen LogP contribution in [0.2, 0.25) is 0 Å². The second-order valence-corrected chi connectivity index (χ2v) is 5.39. The SMILES string of the molecule is CCSC(C)/C(C)=C(\C)c1ccccc1. The third-order valence-corrected chi connectivity index (χ3v) is 4.01. The van der Waals surface area contributed by atoms with E-state index in [1.54, 1.807) is 0 Å². The van der Waals surface area contributed by atoms with Crippen molar-refractivity contribution < 1.29 is 0 Å². The zero-order valence-corrected chi connectivity index (χ0v) is 10.9. The monoisotopic (exact) mass is 220 g/mol. The first-order valence-corrected chi connectivity index (χ1v) is 6.56. The molecule has 0 aliphatic carbocycles. The molecule has 0 N–H and O–H groups in total. The average Bonchev–Trinajstić information content (AvgIpc) is 2.28. The molecule has 1 heteroatoms. The van der Waals surface area contributed by atoms with Gasteiger partial charge < -0.3 is 0 Å². The first-order valence-electron chi connectivity index (χ1n) is 5.51. The molecule has 0 spiro atoms. The lowest BCUT2D eigenvalue weighted by Crippen LogP contribution is -2.01. The highest BCUT2D eigenvalue weighted by Gasteiger charge is 2.07. The van der Waals surface area contributed by atoms with Crippen LogP contribution in [0.4, 0.5) is 0 Å². The summed E-state index contributed by atoms with van der Waals surface area (Å²) in [6, 6.07) is 10.6. The summed E-state index contributed by atoms with van der Waals surface area (Å²) in [4.78, 5) is 0. The molecule has 0 fully saturated rings. The summed E-state index contributed by atoms with van der Waals surface area (Å²) in [5.74, 6) is 1.18. The van der Waals surface area contributed by atoms with Gasteiger partial charge in [-0.05, 0) is 37.7 Å². The number of hydrogen-bond acceptors (Lipinski definition) is 1. The fourth-order valence-corrected chi connectivity index (χ4v) is 2.52. The van der Waals surface area contributed by atoms with Crippen LogP contribution in [-0.2, 0) is 0 Å². The number of thioether (sulfide) groups is 1. The molecule has 1 rings (SSSR count). The summed E-state index contributed by atoms with van der Waals surface area (Å²) in [5, 5.41) is 0.621. The maximum absolute atomic E-state index is 2.29. The minimum Gasteiger partial charge on any atom is -0.155 e. The van der Waals surface area contributed by atoms with E-state index in [1.165, 1.54) is 22.5 Å². The van der Waals surface area contributed by atoms with Crippen molar-refractivity contribution in [2.45, 2.75) is 32.9 Å². The standard InChI is InChI=1S/C14H20S/c1-5-15-13(4)11(2)12(3)14-9-7-6-8-10-14/h6-10,13H,5H2,1-4H3/b12-11+. The number of rotatable bonds is 4. The van der Waals surface area contributed by atoms with Gasteiger partial charge in [-0.3, -0.25) is 0 Å². The molecule has 0 aliphatic rings. The van der Waals surface area contributed by atoms with E-state index in [2.05, 4.69) is 58.0 Å². The third-order valence-electron chi connectivity index (χ3n) is 2.82. The molecule has 0 saturated heterocycles. The summed E-state index contributed by atoms with van der Waals surface area (Å²) < 4.78 is 0. The zero-order valence-electron chi connectivity index (χ0n) is 10.1. The molecule has 0 aromatic heterocycles. The van der Waals surface area contributed by atoms with Crippen LogP contribution in [0.15, 0.2) is 35.9 Å². The van der Waals surface area contributed by atoms with Crippen molar-refractivity contribution in [1.82, 2.24) is 0 Å². The molecular formula is C14H20S. The third kappa shape index (κ3) is 3.42. The molecule has 0 heterocycles. The molecule has 1 atom stereocenters. The minimum atomic E-state index is 0.621. The van der Waals surface area contributed by atoms with E-state index in [0.29, 0.717) is 5.25 Å². The molecule has 0 saturated carbocycles. The van der Waals surface area contributed by atoms with Crippen LogP contribution in [0.1, 0.15) is 33.3 Å². The number of hydrogen-bond donors (Lipinski definition) is 0. The quantitative estimate of drug-likeness (QED) is 0.713. The van der Waals surface area contributed by atoms with Crippen LogP contribution in [0.3, 0.4) is 0 Å². The normalized spacial score (nSPS) is 14.7. The molecule has 1 aromatic carbocycles. The van der Waals surface area contributed by atoms with Gasteiger partial charge in [0.05, 0.1) is 0 Å². The summed E-state index contributed by atoms with van der Waals surface area (Å²) in [6.45, 7) is 8.97. The number of benzene rings is 1. The lowest BCUT2D eigenvalue weighted by molar-refractivity contribution is 1.12. The molecule has 82 valence electrons. The lowest BCUT2D eigenvalue weighted by atomic mass is 10.0. The Morgan fingerprint density at radius 1 is 1.20 bits per heavy atom. The van der Waals surface area contributed by atoms with Crippen LogP contribution >= 0.6 is 11.8 Å². The van der Waals surface area contributed by atoms with Crippen molar-refractivity contribution in [2.75, 3.05) is 5.75 Å². The van der Waals surface area contributed by atoms with Gasteiger partial charge in [0.15, 0.2) is 0 Å². The summed E-state index contributed by atoms with van der Waals surface area (Å²) in [6.07, 6.45) is 0. The smallest absolute Gasteiger partial charge is 0.0231 e. The lowest BCUT2D eigenvalue weighted by Gasteiger charge is -2.14. The van der Waals surface area contributed by atoms with Gasteiger partial charge in [-0.2, -0.15) is 11.8 Å². The summed E-state index contributed by atoms with van der Waals surface area (Å²) in [7, 11) is 0. The van der Waals surface area contributed by atoms with Gasteiger partial charge >= 0.3 is 0 Å². The van der Waals surface area contributed by atoms with E-state index in [9.17, 15) is 0 Å². The van der Waals surface area contributed by atoms with E-state index >= 15 is 0 Å². The molecule has 15 heavy (non-hydrogen) atoms. The molecule has 1 aromatic rings. The van der Waals surface area contributed by atoms with Gasteiger partial charge in [-0.15, -0.1) is 0 Å². The van der Waals surface area contributed by atoms with Crippen LogP contribution < -0.4 is 0 Å². The second kappa shape index (κ2) is 6.02. The zero-order chi connectivity index (χ0) is 11.3. The molecule has 0 bridgehead atoms. The van der Waals surface area contributed by atoms with Crippen LogP contribution in [0.25, 0.3) is 5.57 Å². The van der Waals surface area contributed by atoms with Gasteiger partial charge in [0, 0.05) is 5.25 Å². The molecule has 0 radical (unpaired) electrons. The Bertz CT molecular complexity index is 324. The van der Waals surface area contributed by atoms with Crippen LogP contribution in [-0.4, -0.2) is 11.0 Å². The van der Waals surface area contributed by atoms with Crippen molar-refractivity contribution in [3.63, 3.8) is 0 Å². The van der Waals surface area contributed by atoms with Crippen molar-refractivity contribution in [1.29, 1.82) is 0 Å². The topological polar surface area (TPSA) is 0 Å². The van der Waals surface area contributed by atoms with Crippen LogP contribution in [0, 0.1) is 0 Å². The van der Waals surface area contributed by atoms with Gasteiger partial charge in [0.1, 0.15) is 0 Å². The van der Waals surface area contributed by atoms with Crippen LogP contribution in [0.5, 0.6) is 0 Å². The first kappa shape index (κ1) is 12.4. The second-order valence-electron chi connectivity index (χ2n) is 3.77. The minimum absolute atomic E-state index is 0.621. The highest BCUT2D eigenvalue weighted by molar-refractivity contribution is 8.00. The molecular weight excluding hydrogens is 200 g/mol. The van der Waals surface area contributed by atoms with Gasteiger partial charge in [0.25, 0.3) is 0 Å². The van der Waals surface area contributed by atoms with E-state index in [4.69, 9.17) is 0 Å². The van der Waals surface area contributed by atoms with Gasteiger partial charge in [-0.1, -0.05) is 42.8 Å². The Morgan fingerprint density at radius 2 is 1.80 bits per heavy atom. The Labute approximate surface area is 97.8 Å². The number of allylic oxidation sites excluding steroid dienone is 1. The van der Waals surface area contributed by atoms with E-state index in [-0.39, 0.29) is 0 Å². The van der Waals surface area contributed by atoms with Gasteiger partial charge in [0.2, 0.25) is 0 Å². The maximum atomic E-state index is 2.29. The Hall–Kier alpha value is -0.690. The fraction of sp³-hybridized carbons (Fsp3) is 0.429. The average molecular weight is 220 g/mol. The fourth-order valence-electron chi connectivity index (χ4n) is 1.60. The van der Waals surface area contributed by atoms with Gasteiger partial charge in [-0.25, -0.2) is 0 Å². The predicted molar refractivity (Wildman–Crippen MR) is 72.3 cm³/mol. The van der Waals surface area contributed by atoms with Crippen molar-refractivity contribution in [3.8, 4) is 0 Å². The predicted octanol–water partition coefficient (Wildman–Crippen LogP) is 4.62. The highest BCUT2D eigenvalue weighted by Crippen LogP contribution is 2.26. The molecule has 0 aliphatic heterocycles. The Balaban J connectivity index is 2.90. The molecule has 0 amide bonds. The maximum Gasteiger partial charge on any atom is 0.0231 e. The summed E-state index contributed by atoms with van der Waals surface area (Å²) >= 11 is 2.00. The largest absolute Gasteiger partial charge is 0.155 e. The molecule has 1 unspecified atom stereocenters. The Kier molecular flexibility index (Phi) is 4.97. The first-order chi connectivity index (χ1) is 7.16. The summed E-state index contributed by atoms with van der Waals surface area (Å²) in [5.41, 5.74) is 4.26. The van der Waals surface area contributed by atoms with Crippen molar-refractivity contribution in [2.24, 2.45) is 0 Å².